The molecule has 1 unspecified atom stereocenters. The van der Waals surface area contributed by atoms with Gasteiger partial charge in [0.2, 0.25) is 0 Å². The Balaban J connectivity index is 2.84. The van der Waals surface area contributed by atoms with Crippen LogP contribution >= 0.6 is 23.4 Å². The molecule has 0 radical (unpaired) electrons. The van der Waals surface area contributed by atoms with E-state index in [1.807, 2.05) is 0 Å². The van der Waals surface area contributed by atoms with Crippen molar-refractivity contribution < 1.29 is 9.50 Å². The molecular formula is C8H8Cl2FNO. The van der Waals surface area contributed by atoms with Gasteiger partial charge in [0.25, 0.3) is 0 Å². The van der Waals surface area contributed by atoms with Gasteiger partial charge in [0, 0.05) is 6.54 Å². The molecule has 0 aliphatic rings. The number of hydrogen-bond acceptors (Lipinski definition) is 2. The predicted octanol–water partition coefficient (Wildman–Crippen LogP) is 2.26. The third-order valence-electron chi connectivity index (χ3n) is 1.60. The van der Waals surface area contributed by atoms with Crippen molar-refractivity contribution in [1.82, 2.24) is 4.84 Å². The zero-order chi connectivity index (χ0) is 9.84. The van der Waals surface area contributed by atoms with Crippen molar-refractivity contribution in [2.24, 2.45) is 0 Å². The number of nitrogens with one attached hydrogen (secondary N) is 1. The fourth-order valence-corrected chi connectivity index (χ4v) is 1.25. The summed E-state index contributed by atoms with van der Waals surface area (Å²) in [5.41, 5.74) is 0.527. The number of aliphatic hydroxyl groups excluding tert-OH is 1. The summed E-state index contributed by atoms with van der Waals surface area (Å²) >= 11 is 10.7. The molecule has 72 valence electrons. The van der Waals surface area contributed by atoms with Crippen LogP contribution in [0.4, 0.5) is 4.39 Å². The van der Waals surface area contributed by atoms with Crippen molar-refractivity contribution in [2.45, 2.75) is 6.10 Å². The topological polar surface area (TPSA) is 32.3 Å². The van der Waals surface area contributed by atoms with Crippen LogP contribution in [-0.4, -0.2) is 11.7 Å². The molecule has 5 heteroatoms. The van der Waals surface area contributed by atoms with Crippen LogP contribution in [0.15, 0.2) is 18.2 Å². The van der Waals surface area contributed by atoms with Crippen LogP contribution in [0.2, 0.25) is 5.02 Å². The zero-order valence-corrected chi connectivity index (χ0v) is 8.11. The maximum absolute atomic E-state index is 12.7. The zero-order valence-electron chi connectivity index (χ0n) is 6.60. The third kappa shape index (κ3) is 2.81. The Morgan fingerprint density at radius 1 is 1.54 bits per heavy atom. The van der Waals surface area contributed by atoms with Crippen molar-refractivity contribution in [3.8, 4) is 0 Å². The van der Waals surface area contributed by atoms with E-state index in [-0.39, 0.29) is 11.6 Å². The first-order chi connectivity index (χ1) is 6.15. The van der Waals surface area contributed by atoms with Crippen LogP contribution in [0.25, 0.3) is 0 Å². The van der Waals surface area contributed by atoms with E-state index in [9.17, 15) is 9.50 Å². The highest BCUT2D eigenvalue weighted by Gasteiger charge is 2.08. The Morgan fingerprint density at radius 2 is 2.23 bits per heavy atom. The van der Waals surface area contributed by atoms with Crippen LogP contribution in [0.5, 0.6) is 0 Å². The lowest BCUT2D eigenvalue weighted by molar-refractivity contribution is 0.182. The molecule has 0 aliphatic carbocycles. The van der Waals surface area contributed by atoms with Gasteiger partial charge in [-0.1, -0.05) is 17.7 Å². The number of hydrogen-bond donors (Lipinski definition) is 2. The van der Waals surface area contributed by atoms with E-state index in [0.717, 1.165) is 0 Å². The van der Waals surface area contributed by atoms with E-state index >= 15 is 0 Å². The molecule has 0 aromatic heterocycles. The molecule has 1 aromatic carbocycles. The quantitative estimate of drug-likeness (QED) is 0.771. The summed E-state index contributed by atoms with van der Waals surface area (Å²) in [7, 11) is 0. The van der Waals surface area contributed by atoms with E-state index in [2.05, 4.69) is 4.84 Å². The maximum Gasteiger partial charge on any atom is 0.141 e. The Kier molecular flexibility index (Phi) is 3.93. The number of rotatable bonds is 3. The lowest BCUT2D eigenvalue weighted by Crippen LogP contribution is -2.12. The van der Waals surface area contributed by atoms with Gasteiger partial charge in [-0.2, -0.15) is 0 Å². The summed E-state index contributed by atoms with van der Waals surface area (Å²) in [4.78, 5) is 2.29. The minimum absolute atomic E-state index is 0.00822. The molecule has 0 fully saturated rings. The number of benzene rings is 1. The Labute approximate surface area is 85.4 Å². The molecule has 1 aromatic rings. The molecular weight excluding hydrogens is 216 g/mol. The monoisotopic (exact) mass is 223 g/mol. The third-order valence-corrected chi connectivity index (χ3v) is 2.04. The van der Waals surface area contributed by atoms with Gasteiger partial charge in [0.15, 0.2) is 0 Å². The van der Waals surface area contributed by atoms with Crippen molar-refractivity contribution in [3.05, 3.63) is 34.6 Å². The maximum atomic E-state index is 12.7. The molecule has 2 nitrogen and oxygen atoms in total. The van der Waals surface area contributed by atoms with Gasteiger partial charge >= 0.3 is 0 Å². The molecule has 0 heterocycles. The second-order valence-electron chi connectivity index (χ2n) is 2.53. The Hall–Kier alpha value is -0.350. The molecule has 13 heavy (non-hydrogen) atoms. The van der Waals surface area contributed by atoms with Crippen molar-refractivity contribution in [2.75, 3.05) is 6.54 Å². The second-order valence-corrected chi connectivity index (χ2v) is 3.20. The Bertz CT molecular complexity index is 295. The fraction of sp³-hybridized carbons (Fsp3) is 0.250. The van der Waals surface area contributed by atoms with Gasteiger partial charge in [-0.15, -0.1) is 0 Å². The summed E-state index contributed by atoms with van der Waals surface area (Å²) in [5.74, 6) is -0.503. The molecule has 0 bridgehead atoms. The van der Waals surface area contributed by atoms with E-state index in [1.54, 1.807) is 0 Å². The molecule has 1 atom stereocenters. The summed E-state index contributed by atoms with van der Waals surface area (Å²) in [6, 6.07) is 4.03. The van der Waals surface area contributed by atoms with Gasteiger partial charge in [0.1, 0.15) is 5.82 Å². The van der Waals surface area contributed by atoms with E-state index in [1.165, 1.54) is 18.2 Å². The summed E-state index contributed by atoms with van der Waals surface area (Å²) in [6.45, 7) is 0.184. The lowest BCUT2D eigenvalue weighted by Gasteiger charge is -2.09. The van der Waals surface area contributed by atoms with Crippen LogP contribution in [0, 0.1) is 5.82 Å². The van der Waals surface area contributed by atoms with Crippen LogP contribution in [-0.2, 0) is 0 Å². The van der Waals surface area contributed by atoms with Crippen molar-refractivity contribution in [3.63, 3.8) is 0 Å². The number of aliphatic hydroxyl groups is 1. The van der Waals surface area contributed by atoms with Crippen molar-refractivity contribution >= 4 is 23.4 Å². The molecule has 0 saturated heterocycles. The van der Waals surface area contributed by atoms with E-state index in [4.69, 9.17) is 23.4 Å². The first-order valence-corrected chi connectivity index (χ1v) is 4.37. The van der Waals surface area contributed by atoms with Gasteiger partial charge < -0.3 is 5.11 Å². The first-order valence-electron chi connectivity index (χ1n) is 3.61. The smallest absolute Gasteiger partial charge is 0.141 e. The van der Waals surface area contributed by atoms with Gasteiger partial charge in [-0.25, -0.2) is 9.23 Å². The average molecular weight is 224 g/mol. The minimum Gasteiger partial charge on any atom is -0.387 e. The Morgan fingerprint density at radius 3 is 2.77 bits per heavy atom. The molecule has 0 amide bonds. The molecule has 1 rings (SSSR count). The van der Waals surface area contributed by atoms with E-state index < -0.39 is 11.9 Å². The number of halogens is 3. The van der Waals surface area contributed by atoms with Gasteiger partial charge in [-0.3, -0.25) is 0 Å². The van der Waals surface area contributed by atoms with Crippen molar-refractivity contribution in [1.29, 1.82) is 0 Å². The summed E-state index contributed by atoms with van der Waals surface area (Å²) in [6.07, 6.45) is -0.782. The van der Waals surface area contributed by atoms with Crippen LogP contribution in [0.1, 0.15) is 11.7 Å². The van der Waals surface area contributed by atoms with Crippen LogP contribution in [0.3, 0.4) is 0 Å². The van der Waals surface area contributed by atoms with Gasteiger partial charge in [0.05, 0.1) is 11.1 Å². The minimum atomic E-state index is -0.782. The average Bonchev–Trinajstić information content (AvgIpc) is 2.10. The first kappa shape index (κ1) is 10.7. The summed E-state index contributed by atoms with van der Waals surface area (Å²) < 4.78 is 12.7. The second kappa shape index (κ2) is 4.77. The molecule has 0 aliphatic heterocycles. The standard InChI is InChI=1S/C8H8Cl2FNO/c9-6-3-5(1-2-7(6)11)8(13)4-12-10/h1-3,8,12-13H,4H2. The normalized spacial score (nSPS) is 12.9. The highest BCUT2D eigenvalue weighted by atomic mass is 35.5. The molecule has 2 N–H and O–H groups in total. The van der Waals surface area contributed by atoms with Gasteiger partial charge in [-0.05, 0) is 29.5 Å². The largest absolute Gasteiger partial charge is 0.387 e. The lowest BCUT2D eigenvalue weighted by atomic mass is 10.1. The molecule has 0 spiro atoms. The fourth-order valence-electron chi connectivity index (χ4n) is 0.911. The SMILES string of the molecule is OC(CNCl)c1ccc(F)c(Cl)c1. The van der Waals surface area contributed by atoms with E-state index in [0.29, 0.717) is 5.56 Å². The highest BCUT2D eigenvalue weighted by Crippen LogP contribution is 2.20. The molecule has 0 saturated carbocycles. The predicted molar refractivity (Wildman–Crippen MR) is 50.2 cm³/mol. The summed E-state index contributed by atoms with van der Waals surface area (Å²) in [5, 5.41) is 9.40. The van der Waals surface area contributed by atoms with Crippen LogP contribution < -0.4 is 4.84 Å². The highest BCUT2D eigenvalue weighted by molar-refractivity contribution is 6.30.